The Kier molecular flexibility index (Phi) is 8.11. The molecule has 8 heteroatoms. The third kappa shape index (κ3) is 6.59. The van der Waals surface area contributed by atoms with Crippen molar-refractivity contribution in [3.8, 4) is 0 Å². The van der Waals surface area contributed by atoms with Crippen LogP contribution in [0.5, 0.6) is 0 Å². The van der Waals surface area contributed by atoms with Gasteiger partial charge in [-0.1, -0.05) is 18.2 Å². The third-order valence-electron chi connectivity index (χ3n) is 5.91. The Morgan fingerprint density at radius 1 is 0.711 bits per heavy atom. The molecule has 0 heterocycles. The summed E-state index contributed by atoms with van der Waals surface area (Å²) in [4.78, 5) is 29.6. The average Bonchev–Trinajstić information content (AvgIpc) is 2.88. The summed E-state index contributed by atoms with van der Waals surface area (Å²) in [6, 6.07) is 21.8. The van der Waals surface area contributed by atoms with Crippen LogP contribution >= 0.6 is 0 Å². The zero-order chi connectivity index (χ0) is 27.2. The van der Waals surface area contributed by atoms with Gasteiger partial charge in [0, 0.05) is 49.7 Å². The van der Waals surface area contributed by atoms with Crippen LogP contribution in [0.4, 0.5) is 24.5 Å². The van der Waals surface area contributed by atoms with Crippen LogP contribution in [0.2, 0.25) is 0 Å². The summed E-state index contributed by atoms with van der Waals surface area (Å²) in [6.45, 7) is 0.213. The number of carbonyl (C=O) groups excluding carboxylic acids is 2. The van der Waals surface area contributed by atoms with Gasteiger partial charge < -0.3 is 15.1 Å². The first-order chi connectivity index (χ1) is 18.2. The number of benzene rings is 4. The van der Waals surface area contributed by atoms with E-state index >= 15 is 0 Å². The maximum Gasteiger partial charge on any atom is 0.255 e. The van der Waals surface area contributed by atoms with Crippen molar-refractivity contribution in [3.63, 3.8) is 0 Å². The van der Waals surface area contributed by atoms with Crippen molar-refractivity contribution in [2.75, 3.05) is 24.3 Å². The first-order valence-corrected chi connectivity index (χ1v) is 11.9. The van der Waals surface area contributed by atoms with Crippen LogP contribution in [0.25, 0.3) is 0 Å². The minimum absolute atomic E-state index is 0.0979. The topological polar surface area (TPSA) is 52.7 Å². The lowest BCUT2D eigenvalue weighted by atomic mass is 10.1. The van der Waals surface area contributed by atoms with Crippen LogP contribution < -0.4 is 10.2 Å². The molecule has 4 rings (SSSR count). The maximum atomic E-state index is 13.9. The smallest absolute Gasteiger partial charge is 0.255 e. The first kappa shape index (κ1) is 26.5. The fourth-order valence-corrected chi connectivity index (χ4v) is 4.10. The molecular formula is C30H26F3N3O2. The van der Waals surface area contributed by atoms with E-state index in [1.165, 1.54) is 59.5 Å². The van der Waals surface area contributed by atoms with Gasteiger partial charge in [-0.3, -0.25) is 9.59 Å². The molecule has 0 aromatic heterocycles. The van der Waals surface area contributed by atoms with Crippen LogP contribution in [-0.2, 0) is 13.1 Å². The molecule has 0 aliphatic rings. The number of halogens is 3. The predicted octanol–water partition coefficient (Wildman–Crippen LogP) is 6.26. The van der Waals surface area contributed by atoms with Crippen molar-refractivity contribution in [2.45, 2.75) is 13.1 Å². The van der Waals surface area contributed by atoms with E-state index in [0.29, 0.717) is 16.8 Å². The predicted molar refractivity (Wildman–Crippen MR) is 141 cm³/mol. The maximum absolute atomic E-state index is 13.9. The normalized spacial score (nSPS) is 10.7. The molecule has 0 aliphatic heterocycles. The van der Waals surface area contributed by atoms with Crippen LogP contribution in [0, 0.1) is 17.5 Å². The second-order valence-electron chi connectivity index (χ2n) is 9.00. The van der Waals surface area contributed by atoms with Gasteiger partial charge in [0.05, 0.1) is 0 Å². The summed E-state index contributed by atoms with van der Waals surface area (Å²) >= 11 is 0. The molecule has 4 aromatic rings. The lowest BCUT2D eigenvalue weighted by molar-refractivity contribution is 0.0729. The highest BCUT2D eigenvalue weighted by atomic mass is 19.1. The van der Waals surface area contributed by atoms with E-state index in [-0.39, 0.29) is 30.1 Å². The van der Waals surface area contributed by atoms with Gasteiger partial charge >= 0.3 is 0 Å². The molecule has 0 saturated carbocycles. The fourth-order valence-electron chi connectivity index (χ4n) is 4.10. The molecule has 0 spiro atoms. The van der Waals surface area contributed by atoms with Crippen molar-refractivity contribution in [3.05, 3.63) is 131 Å². The lowest BCUT2D eigenvalue weighted by Crippen LogP contribution is -2.31. The van der Waals surface area contributed by atoms with Crippen molar-refractivity contribution >= 4 is 23.2 Å². The number of hydrogen-bond acceptors (Lipinski definition) is 3. The zero-order valence-corrected chi connectivity index (χ0v) is 20.9. The van der Waals surface area contributed by atoms with E-state index in [0.717, 1.165) is 11.8 Å². The van der Waals surface area contributed by atoms with Crippen molar-refractivity contribution in [1.29, 1.82) is 0 Å². The molecule has 0 atom stereocenters. The third-order valence-corrected chi connectivity index (χ3v) is 5.91. The van der Waals surface area contributed by atoms with Gasteiger partial charge in [0.2, 0.25) is 0 Å². The highest BCUT2D eigenvalue weighted by Gasteiger charge is 2.20. The molecule has 0 saturated heterocycles. The van der Waals surface area contributed by atoms with Gasteiger partial charge in [-0.25, -0.2) is 13.2 Å². The fraction of sp³-hybridized carbons (Fsp3) is 0.133. The van der Waals surface area contributed by atoms with Crippen LogP contribution in [-0.4, -0.2) is 30.8 Å². The molecule has 38 heavy (non-hydrogen) atoms. The number of nitrogens with zero attached hydrogens (tertiary/aromatic N) is 2. The molecule has 4 aromatic carbocycles. The Balaban J connectivity index is 1.67. The molecular weight excluding hydrogens is 491 g/mol. The monoisotopic (exact) mass is 517 g/mol. The van der Waals surface area contributed by atoms with Crippen molar-refractivity contribution in [1.82, 2.24) is 4.90 Å². The molecule has 0 fully saturated rings. The van der Waals surface area contributed by atoms with Crippen LogP contribution in [0.15, 0.2) is 91.0 Å². The summed E-state index contributed by atoms with van der Waals surface area (Å²) in [7, 11) is 3.70. The largest absolute Gasteiger partial charge is 0.377 e. The molecule has 0 radical (unpaired) electrons. The Labute approximate surface area is 219 Å². The quantitative estimate of drug-likeness (QED) is 0.300. The summed E-state index contributed by atoms with van der Waals surface area (Å²) in [6.07, 6.45) is 0. The van der Waals surface area contributed by atoms with E-state index in [2.05, 4.69) is 5.32 Å². The summed E-state index contributed by atoms with van der Waals surface area (Å²) < 4.78 is 41.0. The van der Waals surface area contributed by atoms with Gasteiger partial charge in [0.15, 0.2) is 0 Å². The first-order valence-electron chi connectivity index (χ1n) is 11.9. The molecule has 1 N–H and O–H groups in total. The number of carbonyl (C=O) groups is 2. The minimum atomic E-state index is -0.520. The van der Waals surface area contributed by atoms with Gasteiger partial charge in [0.1, 0.15) is 17.5 Å². The Morgan fingerprint density at radius 2 is 1.39 bits per heavy atom. The molecule has 0 bridgehead atoms. The summed E-state index contributed by atoms with van der Waals surface area (Å²) in [5.74, 6) is -2.25. The summed E-state index contributed by atoms with van der Waals surface area (Å²) in [5.41, 5.74) is 3.00. The average molecular weight is 518 g/mol. The van der Waals surface area contributed by atoms with Gasteiger partial charge in [0.25, 0.3) is 11.8 Å². The molecule has 2 amide bonds. The van der Waals surface area contributed by atoms with E-state index in [1.54, 1.807) is 30.3 Å². The molecule has 5 nitrogen and oxygen atoms in total. The Bertz CT molecular complexity index is 1460. The number of rotatable bonds is 8. The number of nitrogens with one attached hydrogen (secondary N) is 1. The lowest BCUT2D eigenvalue weighted by Gasteiger charge is -2.27. The molecule has 0 unspecified atom stereocenters. The summed E-state index contributed by atoms with van der Waals surface area (Å²) in [5, 5.41) is 2.77. The van der Waals surface area contributed by atoms with E-state index < -0.39 is 23.4 Å². The molecule has 0 aliphatic carbocycles. The number of hydrogen-bond donors (Lipinski definition) is 1. The standard InChI is InChI=1S/C30H26F3N3O2/c1-35(2)28-14-13-27(34-29(37)22-6-4-8-26(33)16-22)17-23(28)19-36(18-20-5-3-7-25(32)15-20)30(38)21-9-11-24(31)12-10-21/h3-17H,18-19H2,1-2H3,(H,34,37). The Morgan fingerprint density at radius 3 is 2.05 bits per heavy atom. The van der Waals surface area contributed by atoms with Crippen LogP contribution in [0.3, 0.4) is 0 Å². The van der Waals surface area contributed by atoms with Gasteiger partial charge in [-0.05, 0) is 83.9 Å². The number of amides is 2. The Hall–Kier alpha value is -4.59. The van der Waals surface area contributed by atoms with Gasteiger partial charge in [-0.2, -0.15) is 0 Å². The second-order valence-corrected chi connectivity index (χ2v) is 9.00. The van der Waals surface area contributed by atoms with E-state index in [1.807, 2.05) is 19.0 Å². The number of anilines is 2. The second kappa shape index (κ2) is 11.6. The molecule has 194 valence electrons. The zero-order valence-electron chi connectivity index (χ0n) is 20.9. The van der Waals surface area contributed by atoms with Gasteiger partial charge in [-0.15, -0.1) is 0 Å². The minimum Gasteiger partial charge on any atom is -0.377 e. The SMILES string of the molecule is CN(C)c1ccc(NC(=O)c2cccc(F)c2)cc1CN(Cc1cccc(F)c1)C(=O)c1ccc(F)cc1. The highest BCUT2D eigenvalue weighted by molar-refractivity contribution is 6.04. The highest BCUT2D eigenvalue weighted by Crippen LogP contribution is 2.26. The van der Waals surface area contributed by atoms with Crippen LogP contribution in [0.1, 0.15) is 31.8 Å². The van der Waals surface area contributed by atoms with E-state index in [9.17, 15) is 22.8 Å². The van der Waals surface area contributed by atoms with E-state index in [4.69, 9.17) is 0 Å². The van der Waals surface area contributed by atoms with Crippen molar-refractivity contribution < 1.29 is 22.8 Å². The van der Waals surface area contributed by atoms with Crippen molar-refractivity contribution in [2.24, 2.45) is 0 Å².